The number of hydrogen-bond acceptors (Lipinski definition) is 4. The fourth-order valence-corrected chi connectivity index (χ4v) is 13.7. The van der Waals surface area contributed by atoms with Crippen LogP contribution in [-0.4, -0.2) is 19.1 Å². The van der Waals surface area contributed by atoms with Gasteiger partial charge in [-0.15, -0.1) is 0 Å². The number of aromatic nitrogens is 4. The van der Waals surface area contributed by atoms with E-state index < -0.39 is 0 Å². The van der Waals surface area contributed by atoms with Crippen LogP contribution in [0.1, 0.15) is 49.9 Å². The second kappa shape index (κ2) is 17.2. The molecule has 2 aliphatic heterocycles. The Morgan fingerprint density at radius 2 is 0.588 bits per heavy atom. The zero-order valence-corrected chi connectivity index (χ0v) is 44.9. The van der Waals surface area contributed by atoms with E-state index in [9.17, 15) is 0 Å². The molecule has 0 aliphatic carbocycles. The van der Waals surface area contributed by atoms with Crippen molar-refractivity contribution in [3.63, 3.8) is 0 Å². The zero-order chi connectivity index (χ0) is 53.4. The van der Waals surface area contributed by atoms with Crippen molar-refractivity contribution < 1.29 is 0 Å². The van der Waals surface area contributed by atoms with Crippen molar-refractivity contribution >= 4 is 88.8 Å². The summed E-state index contributed by atoms with van der Waals surface area (Å²) >= 11 is 0. The molecule has 6 heteroatoms. The monoisotopic (exact) mass is 1030 g/mol. The highest BCUT2D eigenvalue weighted by atomic mass is 15.2. The van der Waals surface area contributed by atoms with Gasteiger partial charge in [-0.05, 0) is 107 Å². The van der Waals surface area contributed by atoms with Crippen LogP contribution in [0.5, 0.6) is 0 Å². The molecule has 5 heterocycles. The van der Waals surface area contributed by atoms with Crippen LogP contribution in [0, 0.1) is 0 Å². The molecule has 16 rings (SSSR count). The molecule has 0 radical (unpaired) electrons. The van der Waals surface area contributed by atoms with E-state index in [4.69, 9.17) is 9.97 Å². The minimum Gasteiger partial charge on any atom is -0.310 e. The second-order valence-corrected chi connectivity index (χ2v) is 22.6. The molecule has 0 amide bonds. The van der Waals surface area contributed by atoms with Crippen LogP contribution in [0.3, 0.4) is 0 Å². The summed E-state index contributed by atoms with van der Waals surface area (Å²) in [6, 6.07) is 92.8. The zero-order valence-electron chi connectivity index (χ0n) is 44.9. The maximum Gasteiger partial charge on any atom is 0.116 e. The summed E-state index contributed by atoms with van der Waals surface area (Å²) < 4.78 is 4.84. The largest absolute Gasteiger partial charge is 0.310 e. The van der Waals surface area contributed by atoms with E-state index in [1.807, 2.05) is 0 Å². The van der Waals surface area contributed by atoms with Crippen LogP contribution < -0.4 is 9.80 Å². The van der Waals surface area contributed by atoms with Gasteiger partial charge in [-0.2, -0.15) is 0 Å². The number of hydrogen-bond donors (Lipinski definition) is 0. The minimum absolute atomic E-state index is 0.163. The van der Waals surface area contributed by atoms with Gasteiger partial charge in [-0.3, -0.25) is 0 Å². The van der Waals surface area contributed by atoms with E-state index in [0.717, 1.165) is 89.1 Å². The molecule has 3 aromatic heterocycles. The Labute approximate surface area is 464 Å². The highest BCUT2D eigenvalue weighted by Crippen LogP contribution is 2.54. The topological polar surface area (TPSA) is 42.1 Å². The van der Waals surface area contributed by atoms with E-state index in [1.165, 1.54) is 55.8 Å². The Morgan fingerprint density at radius 3 is 0.963 bits per heavy atom. The van der Waals surface area contributed by atoms with Crippen molar-refractivity contribution in [1.29, 1.82) is 0 Å². The van der Waals surface area contributed by atoms with Crippen molar-refractivity contribution in [2.45, 2.75) is 38.5 Å². The van der Waals surface area contributed by atoms with Crippen molar-refractivity contribution in [2.24, 2.45) is 0 Å². The molecule has 80 heavy (non-hydrogen) atoms. The standard InChI is InChI=1S/C74H54N6/c1-73(2)55-29-13-19-35-63(55)77(64-36-20-14-30-56(64)73)49-39-41-61-53(45-49)51-27-11-17-33-59(51)79(61)67-43-44-68(72-71(67)75-69(47-23-7-5-8-24-47)70(76-72)48-25-9-6-10-26-48)80-60-34-18-12-28-52(60)54-46-50(40-42-62(54)80)78-65-37-21-15-31-57(65)74(3,4)58-32-16-22-38-66(58)78/h5-46H,1-4H3. The Hall–Kier alpha value is -10.0. The van der Waals surface area contributed by atoms with Gasteiger partial charge in [0.05, 0.1) is 67.6 Å². The van der Waals surface area contributed by atoms with Crippen LogP contribution in [0.2, 0.25) is 0 Å². The van der Waals surface area contributed by atoms with Crippen LogP contribution >= 0.6 is 0 Å². The summed E-state index contributed by atoms with van der Waals surface area (Å²) in [6.45, 7) is 9.37. The summed E-state index contributed by atoms with van der Waals surface area (Å²) in [6.07, 6.45) is 0. The lowest BCUT2D eigenvalue weighted by molar-refractivity contribution is 0.632. The number of benzene rings is 11. The molecular weight excluding hydrogens is 973 g/mol. The van der Waals surface area contributed by atoms with Gasteiger partial charge in [0.15, 0.2) is 0 Å². The first-order valence-electron chi connectivity index (χ1n) is 27.7. The minimum atomic E-state index is -0.163. The lowest BCUT2D eigenvalue weighted by atomic mass is 9.73. The average molecular weight is 1030 g/mol. The fourth-order valence-electron chi connectivity index (χ4n) is 13.7. The maximum atomic E-state index is 5.89. The van der Waals surface area contributed by atoms with E-state index in [1.54, 1.807) is 0 Å². The van der Waals surface area contributed by atoms with Crippen LogP contribution in [-0.2, 0) is 10.8 Å². The predicted molar refractivity (Wildman–Crippen MR) is 333 cm³/mol. The van der Waals surface area contributed by atoms with Gasteiger partial charge in [-0.25, -0.2) is 9.97 Å². The van der Waals surface area contributed by atoms with Gasteiger partial charge >= 0.3 is 0 Å². The van der Waals surface area contributed by atoms with Gasteiger partial charge in [0, 0.05) is 54.9 Å². The normalized spacial score (nSPS) is 14.2. The number of anilines is 6. The third-order valence-corrected chi connectivity index (χ3v) is 17.5. The van der Waals surface area contributed by atoms with Crippen LogP contribution in [0.15, 0.2) is 255 Å². The third-order valence-electron chi connectivity index (χ3n) is 17.5. The van der Waals surface area contributed by atoms with Gasteiger partial charge in [0.2, 0.25) is 0 Å². The van der Waals surface area contributed by atoms with E-state index in [-0.39, 0.29) is 10.8 Å². The number of rotatable bonds is 6. The molecule has 2 aliphatic rings. The first-order valence-corrected chi connectivity index (χ1v) is 27.7. The Kier molecular flexibility index (Phi) is 9.93. The van der Waals surface area contributed by atoms with Gasteiger partial charge in [-0.1, -0.05) is 198 Å². The van der Waals surface area contributed by atoms with E-state index in [0.29, 0.717) is 0 Å². The fraction of sp³-hybridized carbons (Fsp3) is 0.0811. The third kappa shape index (κ3) is 6.59. The quantitative estimate of drug-likeness (QED) is 0.166. The van der Waals surface area contributed by atoms with E-state index >= 15 is 0 Å². The second-order valence-electron chi connectivity index (χ2n) is 22.6. The molecule has 0 atom stereocenters. The number of para-hydroxylation sites is 6. The molecule has 0 saturated heterocycles. The van der Waals surface area contributed by atoms with Gasteiger partial charge in [0.1, 0.15) is 11.0 Å². The first kappa shape index (κ1) is 46.1. The molecular formula is C74H54N6. The molecule has 0 fully saturated rings. The molecule has 0 N–H and O–H groups in total. The van der Waals surface area contributed by atoms with Crippen molar-refractivity contribution in [2.75, 3.05) is 9.80 Å². The molecule has 14 aromatic rings. The lowest BCUT2D eigenvalue weighted by Gasteiger charge is -2.42. The molecule has 380 valence electrons. The van der Waals surface area contributed by atoms with Crippen molar-refractivity contribution in [3.8, 4) is 33.9 Å². The lowest BCUT2D eigenvalue weighted by Crippen LogP contribution is -2.30. The summed E-state index contributed by atoms with van der Waals surface area (Å²) in [5, 5.41) is 4.65. The Balaban J connectivity index is 0.954. The van der Waals surface area contributed by atoms with E-state index in [2.05, 4.69) is 301 Å². The van der Waals surface area contributed by atoms with Crippen molar-refractivity contribution in [3.05, 3.63) is 277 Å². The van der Waals surface area contributed by atoms with Crippen molar-refractivity contribution in [1.82, 2.24) is 19.1 Å². The Bertz CT molecular complexity index is 4450. The SMILES string of the molecule is CC1(C)c2ccccc2N(c2ccc3c(c2)c2ccccc2n3-c2ccc(-n3c4ccccc4c4cc(N5c6ccccc6C(C)(C)c6ccccc65)ccc43)c3nc(-c4ccccc4)c(-c4ccccc4)nc23)c2ccccc21. The summed E-state index contributed by atoms with van der Waals surface area (Å²) in [4.78, 5) is 16.7. The molecule has 0 bridgehead atoms. The highest BCUT2D eigenvalue weighted by Gasteiger charge is 2.38. The van der Waals surface area contributed by atoms with Crippen LogP contribution in [0.25, 0.3) is 88.5 Å². The van der Waals surface area contributed by atoms with Gasteiger partial charge < -0.3 is 18.9 Å². The number of nitrogens with zero attached hydrogens (tertiary/aromatic N) is 6. The summed E-state index contributed by atoms with van der Waals surface area (Å²) in [7, 11) is 0. The predicted octanol–water partition coefficient (Wildman–Crippen LogP) is 19.4. The number of fused-ring (bicyclic) bond motifs is 11. The summed E-state index contributed by atoms with van der Waals surface area (Å²) in [5.74, 6) is 0. The Morgan fingerprint density at radius 1 is 0.275 bits per heavy atom. The summed E-state index contributed by atoms with van der Waals surface area (Å²) in [5.41, 5.74) is 23.5. The molecule has 0 spiro atoms. The molecule has 0 unspecified atom stereocenters. The smallest absolute Gasteiger partial charge is 0.116 e. The average Bonchev–Trinajstić information content (AvgIpc) is 4.18. The maximum absolute atomic E-state index is 5.89. The molecule has 6 nitrogen and oxygen atoms in total. The highest BCUT2D eigenvalue weighted by molar-refractivity contribution is 6.14. The first-order chi connectivity index (χ1) is 39.2. The van der Waals surface area contributed by atoms with Gasteiger partial charge in [0.25, 0.3) is 0 Å². The van der Waals surface area contributed by atoms with Crippen LogP contribution in [0.4, 0.5) is 34.1 Å². The molecule has 0 saturated carbocycles. The molecule has 11 aromatic carbocycles.